The molecule has 0 unspecified atom stereocenters. The number of morpholine rings is 1. The summed E-state index contributed by atoms with van der Waals surface area (Å²) in [4.78, 5) is 32.7. The second kappa shape index (κ2) is 10.5. The smallest absolute Gasteiger partial charge is 0.349 e. The molecule has 172 valence electrons. The Bertz CT molecular complexity index is 919. The van der Waals surface area contributed by atoms with Crippen LogP contribution in [0.2, 0.25) is 0 Å². The van der Waals surface area contributed by atoms with Crippen LogP contribution in [0.1, 0.15) is 23.5 Å². The first-order chi connectivity index (χ1) is 15.6. The molecule has 0 radical (unpaired) electrons. The van der Waals surface area contributed by atoms with E-state index < -0.39 is 12.1 Å². The first-order valence-corrected chi connectivity index (χ1v) is 12.1. The molecule has 2 aliphatic heterocycles. The Morgan fingerprint density at radius 3 is 2.41 bits per heavy atom. The maximum atomic E-state index is 13.0. The van der Waals surface area contributed by atoms with Gasteiger partial charge in [0.2, 0.25) is 0 Å². The summed E-state index contributed by atoms with van der Waals surface area (Å²) in [6, 6.07) is 11.9. The fourth-order valence-corrected chi connectivity index (χ4v) is 5.23. The topological polar surface area (TPSA) is 62.3 Å². The van der Waals surface area contributed by atoms with Crippen LogP contribution in [0.25, 0.3) is 11.1 Å². The largest absolute Gasteiger partial charge is 0.448 e. The van der Waals surface area contributed by atoms with E-state index in [2.05, 4.69) is 16.7 Å². The van der Waals surface area contributed by atoms with Crippen LogP contribution in [-0.2, 0) is 14.3 Å². The van der Waals surface area contributed by atoms with E-state index in [0.29, 0.717) is 31.2 Å². The second-order valence-electron chi connectivity index (χ2n) is 8.10. The molecule has 2 fully saturated rings. The normalized spacial score (nSPS) is 18.4. The predicted octanol–water partition coefficient (Wildman–Crippen LogP) is 2.96. The molecule has 1 atom stereocenters. The number of likely N-dealkylation sites (N-methyl/N-ethyl adjacent to an activating group) is 1. The van der Waals surface area contributed by atoms with Crippen molar-refractivity contribution in [2.24, 2.45) is 0 Å². The van der Waals surface area contributed by atoms with Crippen molar-refractivity contribution in [2.75, 3.05) is 63.9 Å². The summed E-state index contributed by atoms with van der Waals surface area (Å²) < 4.78 is 11.1. The minimum Gasteiger partial charge on any atom is -0.448 e. The van der Waals surface area contributed by atoms with Gasteiger partial charge in [-0.05, 0) is 25.1 Å². The first-order valence-electron chi connectivity index (χ1n) is 11.3. The van der Waals surface area contributed by atoms with Crippen molar-refractivity contribution in [1.29, 1.82) is 0 Å². The zero-order valence-electron chi connectivity index (χ0n) is 18.8. The minimum atomic E-state index is -0.801. The monoisotopic (exact) mass is 457 g/mol. The fraction of sp³-hybridized carbons (Fsp3) is 0.500. The van der Waals surface area contributed by atoms with Crippen LogP contribution in [0, 0.1) is 0 Å². The summed E-state index contributed by atoms with van der Waals surface area (Å²) in [5, 5.41) is 1.04. The Morgan fingerprint density at radius 1 is 1.06 bits per heavy atom. The van der Waals surface area contributed by atoms with Crippen LogP contribution in [-0.4, -0.2) is 86.8 Å². The van der Waals surface area contributed by atoms with Crippen LogP contribution in [0.15, 0.2) is 36.4 Å². The van der Waals surface area contributed by atoms with Crippen molar-refractivity contribution in [1.82, 2.24) is 9.80 Å². The van der Waals surface area contributed by atoms with E-state index in [9.17, 15) is 9.59 Å². The molecule has 0 aliphatic carbocycles. The number of rotatable bonds is 6. The number of piperazine rings is 1. The van der Waals surface area contributed by atoms with Crippen molar-refractivity contribution in [3.05, 3.63) is 41.3 Å². The van der Waals surface area contributed by atoms with Crippen LogP contribution < -0.4 is 4.90 Å². The number of carbonyl (C=O) groups is 2. The molecule has 1 aromatic heterocycles. The van der Waals surface area contributed by atoms with E-state index in [1.54, 1.807) is 11.8 Å². The number of thiophene rings is 1. The number of esters is 1. The number of hydrogen-bond acceptors (Lipinski definition) is 7. The third kappa shape index (κ3) is 5.14. The van der Waals surface area contributed by atoms with Gasteiger partial charge in [-0.15, -0.1) is 11.3 Å². The summed E-state index contributed by atoms with van der Waals surface area (Å²) in [7, 11) is 0. The third-order valence-corrected chi connectivity index (χ3v) is 7.24. The van der Waals surface area contributed by atoms with E-state index in [0.717, 1.165) is 48.9 Å². The molecule has 0 saturated carbocycles. The molecule has 4 rings (SSSR count). The number of hydrogen-bond donors (Lipinski definition) is 0. The van der Waals surface area contributed by atoms with Gasteiger partial charge in [-0.2, -0.15) is 0 Å². The summed E-state index contributed by atoms with van der Waals surface area (Å²) in [5.41, 5.74) is 2.07. The van der Waals surface area contributed by atoms with Gasteiger partial charge in [0, 0.05) is 44.8 Å². The summed E-state index contributed by atoms with van der Waals surface area (Å²) in [6.45, 7) is 10.7. The summed E-state index contributed by atoms with van der Waals surface area (Å²) in [6.07, 6.45) is -0.801. The Balaban J connectivity index is 1.48. The number of ether oxygens (including phenoxy) is 2. The molecule has 2 aromatic rings. The van der Waals surface area contributed by atoms with Gasteiger partial charge in [0.1, 0.15) is 4.88 Å². The van der Waals surface area contributed by atoms with Gasteiger partial charge in [-0.25, -0.2) is 4.79 Å². The highest BCUT2D eigenvalue weighted by Crippen LogP contribution is 2.39. The maximum absolute atomic E-state index is 13.0. The molecular weight excluding hydrogens is 426 g/mol. The highest BCUT2D eigenvalue weighted by molar-refractivity contribution is 7.18. The molecule has 0 N–H and O–H groups in total. The van der Waals surface area contributed by atoms with Crippen molar-refractivity contribution >= 4 is 28.2 Å². The molecule has 7 nitrogen and oxygen atoms in total. The van der Waals surface area contributed by atoms with E-state index in [4.69, 9.17) is 9.47 Å². The van der Waals surface area contributed by atoms with E-state index in [-0.39, 0.29) is 5.91 Å². The maximum Gasteiger partial charge on any atom is 0.349 e. The van der Waals surface area contributed by atoms with Crippen LogP contribution >= 0.6 is 11.3 Å². The molecule has 8 heteroatoms. The molecule has 2 aliphatic rings. The first kappa shape index (κ1) is 22.8. The zero-order chi connectivity index (χ0) is 22.5. The highest BCUT2D eigenvalue weighted by atomic mass is 32.1. The molecule has 1 amide bonds. The van der Waals surface area contributed by atoms with Crippen molar-refractivity contribution in [2.45, 2.75) is 20.0 Å². The molecule has 32 heavy (non-hydrogen) atoms. The van der Waals surface area contributed by atoms with Crippen LogP contribution in [0.4, 0.5) is 5.00 Å². The Morgan fingerprint density at radius 2 is 1.75 bits per heavy atom. The number of benzene rings is 1. The standard InChI is InChI=1S/C24H31N3O4S/c1-3-25-9-11-26(12-10-25)22(28)18(2)31-24(29)21-17-20(19-7-5-4-6-8-19)23(32-21)27-13-15-30-16-14-27/h4-8,17-18H,3,9-16H2,1-2H3/t18-/m0/s1. The third-order valence-electron chi connectivity index (χ3n) is 6.06. The van der Waals surface area contributed by atoms with E-state index >= 15 is 0 Å². The highest BCUT2D eigenvalue weighted by Gasteiger charge is 2.29. The van der Waals surface area contributed by atoms with Crippen molar-refractivity contribution in [3.63, 3.8) is 0 Å². The van der Waals surface area contributed by atoms with Crippen LogP contribution in [0.3, 0.4) is 0 Å². The van der Waals surface area contributed by atoms with Gasteiger partial charge in [0.15, 0.2) is 6.10 Å². The van der Waals surface area contributed by atoms with Gasteiger partial charge in [0.25, 0.3) is 5.91 Å². The van der Waals surface area contributed by atoms with Gasteiger partial charge in [0.05, 0.1) is 18.2 Å². The average molecular weight is 458 g/mol. The summed E-state index contributed by atoms with van der Waals surface area (Å²) >= 11 is 1.43. The van der Waals surface area contributed by atoms with Gasteiger partial charge < -0.3 is 24.2 Å². The lowest BCUT2D eigenvalue weighted by molar-refractivity contribution is -0.141. The van der Waals surface area contributed by atoms with E-state index in [1.165, 1.54) is 11.3 Å². The Labute approximate surface area is 193 Å². The van der Waals surface area contributed by atoms with Gasteiger partial charge in [-0.3, -0.25) is 4.79 Å². The lowest BCUT2D eigenvalue weighted by Crippen LogP contribution is -2.51. The average Bonchev–Trinajstić information content (AvgIpc) is 3.30. The molecule has 0 bridgehead atoms. The fourth-order valence-electron chi connectivity index (χ4n) is 4.12. The Hall–Kier alpha value is -2.42. The lowest BCUT2D eigenvalue weighted by Gasteiger charge is -2.35. The Kier molecular flexibility index (Phi) is 7.44. The molecule has 3 heterocycles. The SMILES string of the molecule is CCN1CCN(C(=O)[C@H](C)OC(=O)c2cc(-c3ccccc3)c(N3CCOCC3)s2)CC1. The number of amides is 1. The zero-order valence-corrected chi connectivity index (χ0v) is 19.6. The predicted molar refractivity (Wildman–Crippen MR) is 126 cm³/mol. The van der Waals surface area contributed by atoms with Crippen molar-refractivity contribution < 1.29 is 19.1 Å². The second-order valence-corrected chi connectivity index (χ2v) is 9.13. The lowest BCUT2D eigenvalue weighted by atomic mass is 10.1. The molecule has 0 spiro atoms. The number of anilines is 1. The number of nitrogens with zero attached hydrogens (tertiary/aromatic N) is 3. The number of carbonyl (C=O) groups excluding carboxylic acids is 2. The van der Waals surface area contributed by atoms with Crippen LogP contribution in [0.5, 0.6) is 0 Å². The van der Waals surface area contributed by atoms with Crippen molar-refractivity contribution in [3.8, 4) is 11.1 Å². The quantitative estimate of drug-likeness (QED) is 0.622. The van der Waals surface area contributed by atoms with E-state index in [1.807, 2.05) is 36.4 Å². The molecule has 1 aromatic carbocycles. The minimum absolute atomic E-state index is 0.123. The van der Waals surface area contributed by atoms with Gasteiger partial charge >= 0.3 is 5.97 Å². The summed E-state index contributed by atoms with van der Waals surface area (Å²) in [5.74, 6) is -0.568. The van der Waals surface area contributed by atoms with Gasteiger partial charge in [-0.1, -0.05) is 37.3 Å². The molecular formula is C24H31N3O4S. The molecule has 2 saturated heterocycles.